The van der Waals surface area contributed by atoms with Crippen LogP contribution in [0.2, 0.25) is 5.02 Å². The molecule has 5 heteroatoms. The molecule has 6 rings (SSSR count). The van der Waals surface area contributed by atoms with Crippen LogP contribution in [0.1, 0.15) is 51.0 Å². The molecular formula is C26H32ClNO3. The molecule has 0 radical (unpaired) electrons. The number of hydrogen-bond donors (Lipinski definition) is 0. The van der Waals surface area contributed by atoms with Gasteiger partial charge in [0, 0.05) is 30.6 Å². The van der Waals surface area contributed by atoms with Gasteiger partial charge >= 0.3 is 5.97 Å². The van der Waals surface area contributed by atoms with Crippen molar-refractivity contribution in [3.63, 3.8) is 0 Å². The van der Waals surface area contributed by atoms with E-state index in [4.69, 9.17) is 21.1 Å². The summed E-state index contributed by atoms with van der Waals surface area (Å²) in [6.07, 6.45) is 9.25. The highest BCUT2D eigenvalue weighted by Gasteiger charge is 2.65. The number of carbonyl (C=O) groups is 1. The highest BCUT2D eigenvalue weighted by atomic mass is 35.5. The number of epoxide rings is 1. The largest absolute Gasteiger partial charge is 0.462 e. The van der Waals surface area contributed by atoms with Crippen molar-refractivity contribution in [3.8, 4) is 0 Å². The molecule has 4 fully saturated rings. The Balaban J connectivity index is 1.15. The first kappa shape index (κ1) is 20.3. The summed E-state index contributed by atoms with van der Waals surface area (Å²) < 4.78 is 12.0. The van der Waals surface area contributed by atoms with Crippen molar-refractivity contribution in [1.82, 2.24) is 4.90 Å². The fraction of sp³-hybridized carbons (Fsp3) is 0.654. The first-order valence-corrected chi connectivity index (χ1v) is 12.4. The second-order valence-corrected chi connectivity index (χ2v) is 11.3. The highest BCUT2D eigenvalue weighted by Crippen LogP contribution is 2.62. The molecule has 0 unspecified atom stereocenters. The lowest BCUT2D eigenvalue weighted by Crippen LogP contribution is -2.51. The van der Waals surface area contributed by atoms with Crippen molar-refractivity contribution < 1.29 is 14.3 Å². The van der Waals surface area contributed by atoms with Crippen LogP contribution in [0.15, 0.2) is 30.3 Å². The molecule has 166 valence electrons. The molecule has 31 heavy (non-hydrogen) atoms. The van der Waals surface area contributed by atoms with Crippen molar-refractivity contribution >= 4 is 23.1 Å². The van der Waals surface area contributed by atoms with E-state index in [9.17, 15) is 4.79 Å². The van der Waals surface area contributed by atoms with Gasteiger partial charge in [-0.2, -0.15) is 0 Å². The summed E-state index contributed by atoms with van der Waals surface area (Å²) in [6.45, 7) is 6.05. The Labute approximate surface area is 189 Å². The molecule has 2 saturated carbocycles. The Morgan fingerprint density at radius 3 is 2.74 bits per heavy atom. The minimum Gasteiger partial charge on any atom is -0.462 e. The summed E-state index contributed by atoms with van der Waals surface area (Å²) in [5.74, 6) is 0.990. The fourth-order valence-electron chi connectivity index (χ4n) is 7.25. The number of nitrogens with zero attached hydrogens (tertiary/aromatic N) is 1. The number of esters is 1. The molecule has 2 saturated heterocycles. The predicted octanol–water partition coefficient (Wildman–Crippen LogP) is 4.96. The Morgan fingerprint density at radius 2 is 2.03 bits per heavy atom. The zero-order valence-electron chi connectivity index (χ0n) is 18.3. The number of hydrogen-bond acceptors (Lipinski definition) is 4. The van der Waals surface area contributed by atoms with Gasteiger partial charge in [0.15, 0.2) is 0 Å². The van der Waals surface area contributed by atoms with Gasteiger partial charge in [-0.15, -0.1) is 0 Å². The summed E-state index contributed by atoms with van der Waals surface area (Å²) in [5.41, 5.74) is 3.02. The number of ether oxygens (including phenoxy) is 2. The van der Waals surface area contributed by atoms with E-state index >= 15 is 0 Å². The van der Waals surface area contributed by atoms with Crippen LogP contribution in [-0.4, -0.2) is 48.8 Å². The van der Waals surface area contributed by atoms with Gasteiger partial charge in [-0.1, -0.05) is 36.7 Å². The maximum absolute atomic E-state index is 12.9. The smallest absolute Gasteiger partial charge is 0.310 e. The number of benzene rings is 1. The van der Waals surface area contributed by atoms with E-state index in [0.717, 1.165) is 50.5 Å². The van der Waals surface area contributed by atoms with Crippen molar-refractivity contribution in [2.24, 2.45) is 23.2 Å². The monoisotopic (exact) mass is 441 g/mol. The third-order valence-electron chi connectivity index (χ3n) is 9.04. The third kappa shape index (κ3) is 3.46. The molecular weight excluding hydrogens is 410 g/mol. The van der Waals surface area contributed by atoms with Crippen LogP contribution in [0.3, 0.4) is 0 Å². The molecule has 3 heterocycles. The average molecular weight is 442 g/mol. The lowest BCUT2D eigenvalue weighted by molar-refractivity contribution is -0.147. The topological polar surface area (TPSA) is 42.1 Å². The van der Waals surface area contributed by atoms with E-state index in [1.807, 2.05) is 12.1 Å². The third-order valence-corrected chi connectivity index (χ3v) is 9.29. The van der Waals surface area contributed by atoms with E-state index in [2.05, 4.69) is 30.0 Å². The molecule has 0 amide bonds. The van der Waals surface area contributed by atoms with Crippen LogP contribution in [0.5, 0.6) is 0 Å². The molecule has 2 aliphatic carbocycles. The summed E-state index contributed by atoms with van der Waals surface area (Å²) in [4.78, 5) is 15.3. The normalized spacial score (nSPS) is 42.0. The SMILES string of the molecule is C[C@]12CCC[C@@]3(CO3)[C@@H]1C[C@H]1[C@@H](C2)OC(=O)[C@@H]1CN1CC=C(c2ccc(Cl)cc2)CC1. The minimum absolute atomic E-state index is 0.0118. The van der Waals surface area contributed by atoms with Crippen molar-refractivity contribution in [2.45, 2.75) is 57.2 Å². The molecule has 0 aromatic heterocycles. The number of carbonyl (C=O) groups excluding carboxylic acids is 1. The zero-order valence-corrected chi connectivity index (χ0v) is 19.1. The first-order chi connectivity index (χ1) is 15.0. The number of halogens is 1. The predicted molar refractivity (Wildman–Crippen MR) is 121 cm³/mol. The quantitative estimate of drug-likeness (QED) is 0.491. The molecule has 5 aliphatic rings. The number of fused-ring (bicyclic) bond motifs is 3. The molecule has 3 aliphatic heterocycles. The van der Waals surface area contributed by atoms with Gasteiger partial charge in [0.2, 0.25) is 0 Å². The van der Waals surface area contributed by atoms with E-state index in [0.29, 0.717) is 11.8 Å². The maximum Gasteiger partial charge on any atom is 0.310 e. The molecule has 6 atom stereocenters. The Morgan fingerprint density at radius 1 is 1.23 bits per heavy atom. The maximum atomic E-state index is 12.9. The molecule has 4 nitrogen and oxygen atoms in total. The molecule has 0 N–H and O–H groups in total. The van der Waals surface area contributed by atoms with Gasteiger partial charge in [-0.3, -0.25) is 9.69 Å². The van der Waals surface area contributed by atoms with Gasteiger partial charge in [0.25, 0.3) is 0 Å². The van der Waals surface area contributed by atoms with Crippen LogP contribution in [0, 0.1) is 23.2 Å². The lowest BCUT2D eigenvalue weighted by Gasteiger charge is -2.51. The standard InChI is InChI=1S/C26H32ClNO3/c1-25-9-2-10-26(16-30-26)23(25)13-20-21(24(29)31-22(20)14-25)15-28-11-7-18(8-12-28)17-3-5-19(27)6-4-17/h3-7,20-23H,2,8-16H2,1H3/t20-,21-,22-,23-,25-,26-/m1/s1. The van der Waals surface area contributed by atoms with Crippen molar-refractivity contribution in [3.05, 3.63) is 40.9 Å². The Hall–Kier alpha value is -1.36. The van der Waals surface area contributed by atoms with Crippen LogP contribution < -0.4 is 0 Å². The lowest BCUT2D eigenvalue weighted by atomic mass is 9.53. The molecule has 1 aromatic carbocycles. The van der Waals surface area contributed by atoms with Crippen LogP contribution in [0.25, 0.3) is 5.57 Å². The summed E-state index contributed by atoms with van der Waals surface area (Å²) in [7, 11) is 0. The van der Waals surface area contributed by atoms with Crippen molar-refractivity contribution in [1.29, 1.82) is 0 Å². The van der Waals surface area contributed by atoms with Crippen LogP contribution in [0.4, 0.5) is 0 Å². The van der Waals surface area contributed by atoms with Crippen LogP contribution in [-0.2, 0) is 14.3 Å². The first-order valence-electron chi connectivity index (χ1n) is 12.0. The fourth-order valence-corrected chi connectivity index (χ4v) is 7.37. The Bertz CT molecular complexity index is 908. The van der Waals surface area contributed by atoms with Crippen molar-refractivity contribution in [2.75, 3.05) is 26.2 Å². The summed E-state index contributed by atoms with van der Waals surface area (Å²) >= 11 is 6.03. The number of rotatable bonds is 3. The average Bonchev–Trinajstić information content (AvgIpc) is 3.46. The Kier molecular flexibility index (Phi) is 4.79. The van der Waals surface area contributed by atoms with E-state index in [-0.39, 0.29) is 29.0 Å². The molecule has 0 bridgehead atoms. The summed E-state index contributed by atoms with van der Waals surface area (Å²) in [5, 5.41) is 0.774. The molecule has 1 aromatic rings. The van der Waals surface area contributed by atoms with E-state index in [1.54, 1.807) is 0 Å². The second kappa shape index (κ2) is 7.33. The van der Waals surface area contributed by atoms with Gasteiger partial charge in [-0.25, -0.2) is 0 Å². The van der Waals surface area contributed by atoms with E-state index < -0.39 is 0 Å². The zero-order chi connectivity index (χ0) is 21.2. The van der Waals surface area contributed by atoms with Crippen LogP contribution >= 0.6 is 11.6 Å². The van der Waals surface area contributed by atoms with Gasteiger partial charge in [-0.05, 0) is 73.1 Å². The minimum atomic E-state index is 0.0118. The van der Waals surface area contributed by atoms with Gasteiger partial charge in [0.1, 0.15) is 6.10 Å². The highest BCUT2D eigenvalue weighted by molar-refractivity contribution is 6.30. The van der Waals surface area contributed by atoms with E-state index in [1.165, 1.54) is 30.4 Å². The molecule has 1 spiro atoms. The second-order valence-electron chi connectivity index (χ2n) is 10.8. The van der Waals surface area contributed by atoms with Gasteiger partial charge in [0.05, 0.1) is 18.1 Å². The summed E-state index contributed by atoms with van der Waals surface area (Å²) in [6, 6.07) is 8.11. The van der Waals surface area contributed by atoms with Gasteiger partial charge < -0.3 is 9.47 Å².